The first kappa shape index (κ1) is 20.3. The molecule has 0 saturated carbocycles. The Morgan fingerprint density at radius 1 is 1.03 bits per heavy atom. The Hall–Kier alpha value is -2.96. The summed E-state index contributed by atoms with van der Waals surface area (Å²) in [5, 5.41) is 6.71. The zero-order valence-electron chi connectivity index (χ0n) is 16.9. The average Bonchev–Trinajstić information content (AvgIpc) is 3.33. The molecule has 1 aliphatic carbocycles. The van der Waals surface area contributed by atoms with Gasteiger partial charge in [0, 0.05) is 10.9 Å². The van der Waals surface area contributed by atoms with Gasteiger partial charge in [-0.05, 0) is 48.4 Å². The highest BCUT2D eigenvalue weighted by Gasteiger charge is 2.26. The Bertz CT molecular complexity index is 1060. The van der Waals surface area contributed by atoms with Crippen LogP contribution in [-0.4, -0.2) is 18.4 Å². The molecule has 0 radical (unpaired) electrons. The van der Waals surface area contributed by atoms with E-state index in [0.717, 1.165) is 36.0 Å². The smallest absolute Gasteiger partial charge is 0.251 e. The fourth-order valence-corrected chi connectivity index (χ4v) is 5.19. The molecule has 5 nitrogen and oxygen atoms in total. The molecule has 30 heavy (non-hydrogen) atoms. The molecule has 2 aromatic carbocycles. The number of aryl methyl sites for hydroxylation is 1. The van der Waals surface area contributed by atoms with E-state index in [1.54, 1.807) is 0 Å². The lowest BCUT2D eigenvalue weighted by Gasteiger charge is -2.15. The third-order valence-corrected chi connectivity index (χ3v) is 6.71. The normalized spacial score (nSPS) is 13.6. The number of rotatable bonds is 7. The van der Waals surface area contributed by atoms with Crippen LogP contribution in [0.1, 0.15) is 45.7 Å². The summed E-state index contributed by atoms with van der Waals surface area (Å²) in [7, 11) is 0. The maximum Gasteiger partial charge on any atom is 0.251 e. The van der Waals surface area contributed by atoms with Crippen LogP contribution in [0.4, 0.5) is 5.00 Å². The number of benzene rings is 2. The van der Waals surface area contributed by atoms with Gasteiger partial charge in [-0.2, -0.15) is 0 Å². The zero-order chi connectivity index (χ0) is 21.1. The summed E-state index contributed by atoms with van der Waals surface area (Å²) in [6.07, 6.45) is 2.84. The van der Waals surface area contributed by atoms with Gasteiger partial charge in [0.25, 0.3) is 5.91 Å². The Morgan fingerprint density at radius 3 is 2.43 bits per heavy atom. The lowest BCUT2D eigenvalue weighted by atomic mass is 10.0. The van der Waals surface area contributed by atoms with Gasteiger partial charge in [-0.25, -0.2) is 0 Å². The Balaban J connectivity index is 1.36. The van der Waals surface area contributed by atoms with Crippen LogP contribution in [0, 0.1) is 0 Å². The third kappa shape index (κ3) is 4.30. The first-order valence-corrected chi connectivity index (χ1v) is 11.0. The second-order valence-corrected chi connectivity index (χ2v) is 8.67. The van der Waals surface area contributed by atoms with Gasteiger partial charge in [-0.1, -0.05) is 54.6 Å². The van der Waals surface area contributed by atoms with Crippen molar-refractivity contribution >= 4 is 28.2 Å². The monoisotopic (exact) mass is 419 g/mol. The van der Waals surface area contributed by atoms with E-state index < -0.39 is 5.91 Å². The standard InChI is InChI=1S/C24H25N3O2S/c1-15(16-10-12-18(13-11-16)17-6-3-2-4-7-17)26-14-21(28)27-24-22(23(25)29)19-8-5-9-20(19)30-24/h2-4,6-7,10-13,15,26H,5,8-9,14H2,1H3,(H2,25,29)(H,27,28)/t15-/m1/s1. The molecule has 1 aromatic heterocycles. The molecule has 0 fully saturated rings. The second kappa shape index (κ2) is 8.81. The lowest BCUT2D eigenvalue weighted by molar-refractivity contribution is -0.115. The van der Waals surface area contributed by atoms with Crippen molar-refractivity contribution in [2.45, 2.75) is 32.2 Å². The highest BCUT2D eigenvalue weighted by molar-refractivity contribution is 7.17. The van der Waals surface area contributed by atoms with Crippen LogP contribution in [0.3, 0.4) is 0 Å². The van der Waals surface area contributed by atoms with Crippen molar-refractivity contribution < 1.29 is 9.59 Å². The summed E-state index contributed by atoms with van der Waals surface area (Å²) >= 11 is 1.47. The summed E-state index contributed by atoms with van der Waals surface area (Å²) in [6, 6.07) is 18.6. The fourth-order valence-electron chi connectivity index (χ4n) is 3.88. The van der Waals surface area contributed by atoms with Crippen molar-refractivity contribution in [1.29, 1.82) is 0 Å². The third-order valence-electron chi connectivity index (χ3n) is 5.51. The highest BCUT2D eigenvalue weighted by Crippen LogP contribution is 2.38. The summed E-state index contributed by atoms with van der Waals surface area (Å²) in [6.45, 7) is 2.18. The first-order valence-electron chi connectivity index (χ1n) is 10.2. The molecular weight excluding hydrogens is 394 g/mol. The fraction of sp³-hybridized carbons (Fsp3) is 0.250. The summed E-state index contributed by atoms with van der Waals surface area (Å²) in [5.41, 5.74) is 10.5. The zero-order valence-corrected chi connectivity index (χ0v) is 17.7. The number of hydrogen-bond donors (Lipinski definition) is 3. The van der Waals surface area contributed by atoms with E-state index in [0.29, 0.717) is 10.6 Å². The minimum Gasteiger partial charge on any atom is -0.365 e. The molecule has 1 atom stereocenters. The predicted octanol–water partition coefficient (Wildman–Crippen LogP) is 4.29. The van der Waals surface area contributed by atoms with E-state index in [4.69, 9.17) is 5.73 Å². The minimum atomic E-state index is -0.468. The number of carbonyl (C=O) groups is 2. The molecule has 6 heteroatoms. The maximum atomic E-state index is 12.5. The molecule has 154 valence electrons. The van der Waals surface area contributed by atoms with Crippen LogP contribution < -0.4 is 16.4 Å². The quantitative estimate of drug-likeness (QED) is 0.534. The van der Waals surface area contributed by atoms with Crippen molar-refractivity contribution in [3.05, 3.63) is 76.2 Å². The molecule has 1 aliphatic rings. The highest BCUT2D eigenvalue weighted by atomic mass is 32.1. The number of carbonyl (C=O) groups excluding carboxylic acids is 2. The van der Waals surface area contributed by atoms with Crippen LogP contribution in [0.25, 0.3) is 11.1 Å². The number of nitrogens with two attached hydrogens (primary N) is 1. The number of anilines is 1. The van der Waals surface area contributed by atoms with Crippen molar-refractivity contribution in [3.63, 3.8) is 0 Å². The summed E-state index contributed by atoms with van der Waals surface area (Å²) in [5.74, 6) is -0.644. The summed E-state index contributed by atoms with van der Waals surface area (Å²) in [4.78, 5) is 25.5. The van der Waals surface area contributed by atoms with E-state index in [-0.39, 0.29) is 18.5 Å². The molecule has 0 unspecified atom stereocenters. The van der Waals surface area contributed by atoms with Gasteiger partial charge in [-0.15, -0.1) is 11.3 Å². The van der Waals surface area contributed by atoms with Gasteiger partial charge < -0.3 is 16.4 Å². The Morgan fingerprint density at radius 2 is 1.73 bits per heavy atom. The molecule has 2 amide bonds. The number of fused-ring (bicyclic) bond motifs is 1. The molecule has 1 heterocycles. The number of nitrogens with one attached hydrogen (secondary N) is 2. The van der Waals surface area contributed by atoms with E-state index in [1.165, 1.54) is 21.8 Å². The second-order valence-electron chi connectivity index (χ2n) is 7.56. The minimum absolute atomic E-state index is 0.0181. The molecule has 0 saturated heterocycles. The first-order chi connectivity index (χ1) is 14.5. The predicted molar refractivity (Wildman–Crippen MR) is 122 cm³/mol. The molecular formula is C24H25N3O2S. The van der Waals surface area contributed by atoms with Crippen molar-refractivity contribution in [2.75, 3.05) is 11.9 Å². The summed E-state index contributed by atoms with van der Waals surface area (Å²) < 4.78 is 0. The number of primary amides is 1. The molecule has 4 N–H and O–H groups in total. The van der Waals surface area contributed by atoms with Gasteiger partial charge >= 0.3 is 0 Å². The lowest BCUT2D eigenvalue weighted by Crippen LogP contribution is -2.30. The van der Waals surface area contributed by atoms with Crippen molar-refractivity contribution in [1.82, 2.24) is 5.32 Å². The van der Waals surface area contributed by atoms with Gasteiger partial charge in [-0.3, -0.25) is 9.59 Å². The van der Waals surface area contributed by atoms with Crippen LogP contribution in [0.2, 0.25) is 0 Å². The van der Waals surface area contributed by atoms with Crippen LogP contribution in [-0.2, 0) is 17.6 Å². The SMILES string of the molecule is C[C@@H](NCC(=O)Nc1sc2c(c1C(N)=O)CCC2)c1ccc(-c2ccccc2)cc1. The molecule has 0 aliphatic heterocycles. The number of amides is 2. The van der Waals surface area contributed by atoms with Gasteiger partial charge in [0.1, 0.15) is 5.00 Å². The molecule has 4 rings (SSSR count). The van der Waals surface area contributed by atoms with Gasteiger partial charge in [0.2, 0.25) is 5.91 Å². The molecule has 0 bridgehead atoms. The van der Waals surface area contributed by atoms with Gasteiger partial charge in [0.05, 0.1) is 12.1 Å². The number of hydrogen-bond acceptors (Lipinski definition) is 4. The van der Waals surface area contributed by atoms with E-state index in [2.05, 4.69) is 47.0 Å². The largest absolute Gasteiger partial charge is 0.365 e. The van der Waals surface area contributed by atoms with E-state index in [9.17, 15) is 9.59 Å². The Kier molecular flexibility index (Phi) is 5.97. The maximum absolute atomic E-state index is 12.5. The van der Waals surface area contributed by atoms with Crippen LogP contribution in [0.5, 0.6) is 0 Å². The molecule has 3 aromatic rings. The van der Waals surface area contributed by atoms with Crippen molar-refractivity contribution in [2.24, 2.45) is 5.73 Å². The van der Waals surface area contributed by atoms with E-state index in [1.807, 2.05) is 25.1 Å². The van der Waals surface area contributed by atoms with E-state index >= 15 is 0 Å². The average molecular weight is 420 g/mol. The van der Waals surface area contributed by atoms with Gasteiger partial charge in [0.15, 0.2) is 0 Å². The molecule has 0 spiro atoms. The topological polar surface area (TPSA) is 84.2 Å². The number of thiophene rings is 1. The van der Waals surface area contributed by atoms with Crippen LogP contribution in [0.15, 0.2) is 54.6 Å². The van der Waals surface area contributed by atoms with Crippen LogP contribution >= 0.6 is 11.3 Å². The Labute approximate surface area is 180 Å². The van der Waals surface area contributed by atoms with Crippen molar-refractivity contribution in [3.8, 4) is 11.1 Å².